The molecule has 0 saturated carbocycles. The highest BCUT2D eigenvalue weighted by molar-refractivity contribution is 6.85. The zero-order valence-electron chi connectivity index (χ0n) is 23.2. The number of fused-ring (bicyclic) bond motifs is 3. The third-order valence-electron chi connectivity index (χ3n) is 8.51. The maximum absolute atomic E-state index is 5.21. The van der Waals surface area contributed by atoms with Gasteiger partial charge in [-0.1, -0.05) is 36.4 Å². The lowest BCUT2D eigenvalue weighted by atomic mass is 9.67. The SMILES string of the molecule is CN1B(c2nc(B3N(C)c4ccccc4N3C)nc(B3N(C)c4ccccc4N3C)n2)N(C)c2ccccc21. The fraction of sp³-hybridized carbons (Fsp3) is 0.222. The number of aromatic nitrogens is 3. The van der Waals surface area contributed by atoms with Gasteiger partial charge in [-0.3, -0.25) is 0 Å². The zero-order valence-corrected chi connectivity index (χ0v) is 23.2. The third-order valence-corrected chi connectivity index (χ3v) is 8.51. The number of rotatable bonds is 3. The molecule has 0 unspecified atom stereocenters. The fourth-order valence-electron chi connectivity index (χ4n) is 6.56. The highest BCUT2D eigenvalue weighted by Gasteiger charge is 2.47. The molecule has 0 saturated heterocycles. The third kappa shape index (κ3) is 3.33. The van der Waals surface area contributed by atoms with Crippen molar-refractivity contribution in [3.8, 4) is 0 Å². The molecule has 0 radical (unpaired) electrons. The number of benzene rings is 3. The van der Waals surface area contributed by atoms with Crippen LogP contribution in [0.15, 0.2) is 72.8 Å². The Morgan fingerprint density at radius 2 is 0.538 bits per heavy atom. The van der Waals surface area contributed by atoms with Gasteiger partial charge in [0.15, 0.2) is 0 Å². The quantitative estimate of drug-likeness (QED) is 0.369. The summed E-state index contributed by atoms with van der Waals surface area (Å²) in [5.41, 5.74) is 9.22. The van der Waals surface area contributed by atoms with E-state index in [9.17, 15) is 0 Å². The largest absolute Gasteiger partial charge is 0.451 e. The van der Waals surface area contributed by atoms with E-state index >= 15 is 0 Å². The standard InChI is InChI=1S/C27H30B3N9/c1-34-19-13-7-8-14-20(19)35(2)28(34)25-31-26(29-36(3)21-15-9-10-16-22(21)37(29)4)33-27(32-25)30-38(5)23-17-11-12-18-24(23)39(30)6/h7-18H,1-6H3. The van der Waals surface area contributed by atoms with E-state index in [4.69, 9.17) is 15.0 Å². The van der Waals surface area contributed by atoms with E-state index in [2.05, 4.69) is 144 Å². The normalized spacial score (nSPS) is 16.0. The van der Waals surface area contributed by atoms with Gasteiger partial charge in [0.1, 0.15) is 17.2 Å². The number of para-hydroxylation sites is 6. The second kappa shape index (κ2) is 8.59. The molecular formula is C27H30B3N9. The lowest BCUT2D eigenvalue weighted by Gasteiger charge is -2.28. The molecule has 192 valence electrons. The number of hydrogen-bond donors (Lipinski definition) is 0. The van der Waals surface area contributed by atoms with E-state index in [0.717, 1.165) is 17.2 Å². The van der Waals surface area contributed by atoms with Crippen LogP contribution in [0.25, 0.3) is 0 Å². The van der Waals surface area contributed by atoms with Gasteiger partial charge in [0, 0.05) is 34.1 Å². The Morgan fingerprint density at radius 1 is 0.359 bits per heavy atom. The minimum absolute atomic E-state index is 0.151. The molecule has 7 rings (SSSR count). The summed E-state index contributed by atoms with van der Waals surface area (Å²) >= 11 is 0. The van der Waals surface area contributed by atoms with Crippen LogP contribution in [0, 0.1) is 0 Å². The first-order valence-corrected chi connectivity index (χ1v) is 13.3. The second-order valence-corrected chi connectivity index (χ2v) is 10.7. The monoisotopic (exact) mass is 513 g/mol. The maximum atomic E-state index is 5.21. The van der Waals surface area contributed by atoms with Gasteiger partial charge in [0.2, 0.25) is 0 Å². The molecular weight excluding hydrogens is 483 g/mol. The summed E-state index contributed by atoms with van der Waals surface area (Å²) in [6, 6.07) is 25.4. The topological polar surface area (TPSA) is 58.1 Å². The smallest absolute Gasteiger partial charge is 0.391 e. The van der Waals surface area contributed by atoms with E-state index in [-0.39, 0.29) is 20.9 Å². The molecule has 3 aromatic carbocycles. The average Bonchev–Trinajstić information content (AvgIpc) is 3.48. The van der Waals surface area contributed by atoms with Gasteiger partial charge in [0.05, 0.1) is 0 Å². The second-order valence-electron chi connectivity index (χ2n) is 10.7. The maximum Gasteiger partial charge on any atom is 0.451 e. The molecule has 9 nitrogen and oxygen atoms in total. The predicted molar refractivity (Wildman–Crippen MR) is 166 cm³/mol. The van der Waals surface area contributed by atoms with Gasteiger partial charge in [-0.05, 0) is 78.7 Å². The highest BCUT2D eigenvalue weighted by atomic mass is 15.3. The molecule has 3 aliphatic rings. The van der Waals surface area contributed by atoms with Crippen molar-refractivity contribution in [3.63, 3.8) is 0 Å². The van der Waals surface area contributed by atoms with Crippen LogP contribution in [0.4, 0.5) is 34.1 Å². The van der Waals surface area contributed by atoms with Gasteiger partial charge >= 0.3 is 20.9 Å². The van der Waals surface area contributed by atoms with E-state index < -0.39 is 0 Å². The minimum Gasteiger partial charge on any atom is -0.391 e. The molecule has 0 N–H and O–H groups in total. The van der Waals surface area contributed by atoms with Crippen molar-refractivity contribution in [1.29, 1.82) is 0 Å². The van der Waals surface area contributed by atoms with Crippen LogP contribution in [-0.2, 0) is 0 Å². The summed E-state index contributed by atoms with van der Waals surface area (Å²) in [5.74, 6) is 0. The van der Waals surface area contributed by atoms with Crippen LogP contribution in [0.3, 0.4) is 0 Å². The number of anilines is 6. The van der Waals surface area contributed by atoms with Crippen LogP contribution in [0.2, 0.25) is 0 Å². The number of nitrogens with zero attached hydrogens (tertiary/aromatic N) is 9. The van der Waals surface area contributed by atoms with Gasteiger partial charge in [0.25, 0.3) is 0 Å². The molecule has 4 aromatic rings. The van der Waals surface area contributed by atoms with Crippen molar-refractivity contribution >= 4 is 72.2 Å². The highest BCUT2D eigenvalue weighted by Crippen LogP contribution is 2.37. The van der Waals surface area contributed by atoms with Crippen molar-refractivity contribution in [2.24, 2.45) is 0 Å². The van der Waals surface area contributed by atoms with Crippen molar-refractivity contribution in [2.75, 3.05) is 71.2 Å². The Hall–Kier alpha value is -4.34. The van der Waals surface area contributed by atoms with Crippen molar-refractivity contribution in [3.05, 3.63) is 72.8 Å². The first-order valence-electron chi connectivity index (χ1n) is 13.3. The average molecular weight is 513 g/mol. The molecule has 0 atom stereocenters. The van der Waals surface area contributed by atoms with Crippen molar-refractivity contribution < 1.29 is 0 Å². The van der Waals surface area contributed by atoms with Crippen LogP contribution < -0.4 is 46.0 Å². The van der Waals surface area contributed by atoms with Crippen LogP contribution in [0.1, 0.15) is 0 Å². The van der Waals surface area contributed by atoms with E-state index in [0.29, 0.717) is 0 Å². The molecule has 4 heterocycles. The molecule has 0 spiro atoms. The molecule has 0 amide bonds. The zero-order chi connectivity index (χ0) is 27.0. The molecule has 1 aromatic heterocycles. The first-order chi connectivity index (χ1) is 18.9. The van der Waals surface area contributed by atoms with Crippen LogP contribution >= 0.6 is 0 Å². The first kappa shape index (κ1) is 23.8. The number of hydrogen-bond acceptors (Lipinski definition) is 9. The van der Waals surface area contributed by atoms with Crippen LogP contribution in [0.5, 0.6) is 0 Å². The summed E-state index contributed by atoms with van der Waals surface area (Å²) in [7, 11) is 12.7. The molecule has 0 aliphatic carbocycles. The Kier molecular flexibility index (Phi) is 5.23. The van der Waals surface area contributed by atoms with Gasteiger partial charge < -0.3 is 28.9 Å². The lowest BCUT2D eigenvalue weighted by molar-refractivity contribution is 1.12. The summed E-state index contributed by atoms with van der Waals surface area (Å²) < 4.78 is 0. The van der Waals surface area contributed by atoms with Gasteiger partial charge in [-0.2, -0.15) is 0 Å². The molecule has 0 fully saturated rings. The summed E-state index contributed by atoms with van der Waals surface area (Å²) in [6.45, 7) is -0.454. The lowest BCUT2D eigenvalue weighted by Crippen LogP contribution is -2.67. The molecule has 3 aliphatic heterocycles. The van der Waals surface area contributed by atoms with Crippen molar-refractivity contribution in [1.82, 2.24) is 15.0 Å². The molecule has 12 heteroatoms. The van der Waals surface area contributed by atoms with Gasteiger partial charge in [-0.25, -0.2) is 15.0 Å². The molecule has 0 bridgehead atoms. The fourth-order valence-corrected chi connectivity index (χ4v) is 6.56. The van der Waals surface area contributed by atoms with E-state index in [1.807, 2.05) is 0 Å². The minimum atomic E-state index is -0.151. The Morgan fingerprint density at radius 3 is 0.718 bits per heavy atom. The summed E-state index contributed by atoms with van der Waals surface area (Å²) in [4.78, 5) is 29.2. The Balaban J connectivity index is 1.38. The van der Waals surface area contributed by atoms with Crippen molar-refractivity contribution in [2.45, 2.75) is 0 Å². The van der Waals surface area contributed by atoms with E-state index in [1.165, 1.54) is 34.1 Å². The summed E-state index contributed by atoms with van der Waals surface area (Å²) in [5, 5.41) is 0. The van der Waals surface area contributed by atoms with Crippen LogP contribution in [-0.4, -0.2) is 78.2 Å². The Bertz CT molecular complexity index is 1300. The van der Waals surface area contributed by atoms with Gasteiger partial charge in [-0.15, -0.1) is 0 Å². The molecule has 39 heavy (non-hydrogen) atoms. The summed E-state index contributed by atoms with van der Waals surface area (Å²) in [6.07, 6.45) is 0. The van der Waals surface area contributed by atoms with E-state index in [1.54, 1.807) is 0 Å². The predicted octanol–water partition coefficient (Wildman–Crippen LogP) is 0.716. The Labute approximate surface area is 231 Å².